The van der Waals surface area contributed by atoms with E-state index in [4.69, 9.17) is 4.74 Å². The summed E-state index contributed by atoms with van der Waals surface area (Å²) in [5, 5.41) is 14.2. The molecule has 0 aliphatic carbocycles. The number of rotatable bonds is 2. The molecule has 2 heterocycles. The van der Waals surface area contributed by atoms with E-state index in [2.05, 4.69) is 65.4 Å². The monoisotopic (exact) mass is 374 g/mol. The van der Waals surface area contributed by atoms with Crippen LogP contribution in [0.3, 0.4) is 0 Å². The van der Waals surface area contributed by atoms with E-state index in [1.54, 1.807) is 0 Å². The molecule has 1 unspecified atom stereocenters. The predicted octanol–water partition coefficient (Wildman–Crippen LogP) is 3.36. The van der Waals surface area contributed by atoms with Crippen molar-refractivity contribution in [1.29, 1.82) is 0 Å². The molecule has 0 aromatic heterocycles. The fourth-order valence-electron chi connectivity index (χ4n) is 4.65. The molecule has 0 saturated carbocycles. The van der Waals surface area contributed by atoms with E-state index in [9.17, 15) is 5.11 Å². The summed E-state index contributed by atoms with van der Waals surface area (Å²) in [4.78, 5) is 4.58. The van der Waals surface area contributed by atoms with Gasteiger partial charge in [0.2, 0.25) is 0 Å². The number of hydrogen-bond acceptors (Lipinski definition) is 4. The van der Waals surface area contributed by atoms with Crippen molar-refractivity contribution in [3.8, 4) is 0 Å². The maximum atomic E-state index is 11.9. The van der Waals surface area contributed by atoms with Crippen molar-refractivity contribution < 1.29 is 9.84 Å². The third-order valence-electron chi connectivity index (χ3n) is 6.08. The van der Waals surface area contributed by atoms with Crippen LogP contribution in [0, 0.1) is 0 Å². The second kappa shape index (κ2) is 6.89. The molecule has 0 bridgehead atoms. The van der Waals surface area contributed by atoms with E-state index < -0.39 is 5.60 Å². The van der Waals surface area contributed by atoms with Crippen LogP contribution in [-0.4, -0.2) is 49.9 Å². The van der Waals surface area contributed by atoms with Crippen LogP contribution in [0.25, 0.3) is 10.8 Å². The molecule has 1 fully saturated rings. The standard InChI is InChI=1S/C24H26N2O2/c1-25-16-20-15-22(26-10-12-28-13-11-26)8-9-23(20)24(27,17-25)21-7-6-18-4-2-3-5-19(18)14-21/h2-9,14-15,27H,10-13,16-17H2,1H3. The van der Waals surface area contributed by atoms with Gasteiger partial charge in [-0.2, -0.15) is 0 Å². The lowest BCUT2D eigenvalue weighted by Crippen LogP contribution is -2.45. The molecule has 1 atom stereocenters. The molecule has 0 radical (unpaired) electrons. The molecule has 144 valence electrons. The van der Waals surface area contributed by atoms with Gasteiger partial charge >= 0.3 is 0 Å². The summed E-state index contributed by atoms with van der Waals surface area (Å²) in [5.74, 6) is 0. The quantitative estimate of drug-likeness (QED) is 0.746. The molecule has 1 N–H and O–H groups in total. The molecule has 0 spiro atoms. The minimum atomic E-state index is -1.00. The average molecular weight is 374 g/mol. The van der Waals surface area contributed by atoms with Gasteiger partial charge in [-0.3, -0.25) is 4.90 Å². The van der Waals surface area contributed by atoms with Gasteiger partial charge in [-0.15, -0.1) is 0 Å². The van der Waals surface area contributed by atoms with Crippen molar-refractivity contribution in [2.75, 3.05) is 44.8 Å². The number of anilines is 1. The van der Waals surface area contributed by atoms with Crippen LogP contribution in [0.1, 0.15) is 16.7 Å². The molecular formula is C24H26N2O2. The van der Waals surface area contributed by atoms with Crippen molar-refractivity contribution in [2.24, 2.45) is 0 Å². The van der Waals surface area contributed by atoms with Crippen molar-refractivity contribution in [1.82, 2.24) is 4.90 Å². The molecule has 4 nitrogen and oxygen atoms in total. The Kier molecular flexibility index (Phi) is 4.35. The smallest absolute Gasteiger partial charge is 0.128 e. The zero-order valence-electron chi connectivity index (χ0n) is 16.3. The van der Waals surface area contributed by atoms with Crippen molar-refractivity contribution in [3.63, 3.8) is 0 Å². The number of β-amino-alcohol motifs (C(OH)–C–C–N with tert-alkyl or cyclic N) is 1. The Morgan fingerprint density at radius 1 is 0.929 bits per heavy atom. The molecule has 3 aromatic rings. The van der Waals surface area contributed by atoms with Crippen molar-refractivity contribution in [2.45, 2.75) is 12.1 Å². The summed E-state index contributed by atoms with van der Waals surface area (Å²) < 4.78 is 5.49. The fourth-order valence-corrected chi connectivity index (χ4v) is 4.65. The highest BCUT2D eigenvalue weighted by molar-refractivity contribution is 5.83. The van der Waals surface area contributed by atoms with Gasteiger partial charge in [0.25, 0.3) is 0 Å². The molecule has 5 rings (SSSR count). The maximum Gasteiger partial charge on any atom is 0.128 e. The normalized spacial score (nSPS) is 23.0. The molecule has 1 saturated heterocycles. The van der Waals surface area contributed by atoms with Gasteiger partial charge in [0.1, 0.15) is 5.60 Å². The Balaban J connectivity index is 1.58. The summed E-state index contributed by atoms with van der Waals surface area (Å²) in [6.45, 7) is 4.84. The third-order valence-corrected chi connectivity index (χ3v) is 6.08. The number of nitrogens with zero attached hydrogens (tertiary/aromatic N) is 2. The highest BCUT2D eigenvalue weighted by atomic mass is 16.5. The van der Waals surface area contributed by atoms with Gasteiger partial charge in [-0.1, -0.05) is 42.5 Å². The van der Waals surface area contributed by atoms with E-state index in [-0.39, 0.29) is 0 Å². The van der Waals surface area contributed by atoms with Crippen LogP contribution in [-0.2, 0) is 16.9 Å². The van der Waals surface area contributed by atoms with Crippen LogP contribution in [0.5, 0.6) is 0 Å². The van der Waals surface area contributed by atoms with E-state index in [1.165, 1.54) is 16.6 Å². The lowest BCUT2D eigenvalue weighted by molar-refractivity contribution is 0.0284. The Morgan fingerprint density at radius 2 is 1.71 bits per heavy atom. The predicted molar refractivity (Wildman–Crippen MR) is 113 cm³/mol. The minimum absolute atomic E-state index is 0.593. The average Bonchev–Trinajstić information content (AvgIpc) is 2.73. The third kappa shape index (κ3) is 2.98. The van der Waals surface area contributed by atoms with Crippen LogP contribution >= 0.6 is 0 Å². The zero-order chi connectivity index (χ0) is 19.1. The lowest BCUT2D eigenvalue weighted by atomic mass is 9.79. The van der Waals surface area contributed by atoms with Crippen LogP contribution in [0.2, 0.25) is 0 Å². The van der Waals surface area contributed by atoms with E-state index >= 15 is 0 Å². The summed E-state index contributed by atoms with van der Waals surface area (Å²) in [5.41, 5.74) is 3.40. The number of morpholine rings is 1. The molecule has 3 aromatic carbocycles. The van der Waals surface area contributed by atoms with Gasteiger partial charge in [0, 0.05) is 31.9 Å². The molecule has 0 amide bonds. The summed E-state index contributed by atoms with van der Waals surface area (Å²) in [6.07, 6.45) is 0. The Morgan fingerprint density at radius 3 is 2.54 bits per heavy atom. The first kappa shape index (κ1) is 17.7. The molecule has 28 heavy (non-hydrogen) atoms. The number of fused-ring (bicyclic) bond motifs is 2. The molecule has 2 aliphatic rings. The van der Waals surface area contributed by atoms with Gasteiger partial charge in [-0.05, 0) is 52.7 Å². The highest BCUT2D eigenvalue weighted by Gasteiger charge is 2.38. The zero-order valence-corrected chi connectivity index (χ0v) is 16.3. The molecule has 4 heteroatoms. The number of benzene rings is 3. The Bertz CT molecular complexity index is 1010. The van der Waals surface area contributed by atoms with Gasteiger partial charge in [-0.25, -0.2) is 0 Å². The number of aliphatic hydroxyl groups is 1. The summed E-state index contributed by atoms with van der Waals surface area (Å²) in [6, 6.07) is 21.2. The van der Waals surface area contributed by atoms with Crippen LogP contribution < -0.4 is 4.90 Å². The maximum absolute atomic E-state index is 11.9. The Hall–Kier alpha value is -2.40. The van der Waals surface area contributed by atoms with Gasteiger partial charge in [0.15, 0.2) is 0 Å². The highest BCUT2D eigenvalue weighted by Crippen LogP contribution is 2.39. The largest absolute Gasteiger partial charge is 0.379 e. The van der Waals surface area contributed by atoms with Crippen molar-refractivity contribution in [3.05, 3.63) is 77.4 Å². The minimum Gasteiger partial charge on any atom is -0.379 e. The van der Waals surface area contributed by atoms with E-state index in [0.29, 0.717) is 6.54 Å². The second-order valence-corrected chi connectivity index (χ2v) is 8.04. The number of likely N-dealkylation sites (N-methyl/N-ethyl adjacent to an activating group) is 1. The lowest BCUT2D eigenvalue weighted by Gasteiger charge is -2.40. The summed E-state index contributed by atoms with van der Waals surface area (Å²) >= 11 is 0. The SMILES string of the molecule is CN1Cc2cc(N3CCOCC3)ccc2C(O)(c2ccc3ccccc3c2)C1. The number of ether oxygens (including phenoxy) is 1. The van der Waals surface area contributed by atoms with E-state index in [1.807, 2.05) is 12.1 Å². The molecular weight excluding hydrogens is 348 g/mol. The number of hydrogen-bond donors (Lipinski definition) is 1. The Labute approximate surface area is 166 Å². The van der Waals surface area contributed by atoms with Crippen LogP contribution in [0.15, 0.2) is 60.7 Å². The van der Waals surface area contributed by atoms with Gasteiger partial charge in [0.05, 0.1) is 13.2 Å². The molecule has 2 aliphatic heterocycles. The van der Waals surface area contributed by atoms with Gasteiger partial charge < -0.3 is 14.7 Å². The second-order valence-electron chi connectivity index (χ2n) is 8.04. The fraction of sp³-hybridized carbons (Fsp3) is 0.333. The first-order valence-corrected chi connectivity index (χ1v) is 10.00. The first-order chi connectivity index (χ1) is 13.6. The van der Waals surface area contributed by atoms with Crippen molar-refractivity contribution >= 4 is 16.5 Å². The topological polar surface area (TPSA) is 35.9 Å². The van der Waals surface area contributed by atoms with E-state index in [0.717, 1.165) is 49.4 Å². The first-order valence-electron chi connectivity index (χ1n) is 10.00. The van der Waals surface area contributed by atoms with Crippen LogP contribution in [0.4, 0.5) is 5.69 Å². The summed E-state index contributed by atoms with van der Waals surface area (Å²) in [7, 11) is 2.08.